The molecule has 31 heavy (non-hydrogen) atoms. The zero-order chi connectivity index (χ0) is 21.8. The maximum Gasteiger partial charge on any atom is 0.320 e. The lowest BCUT2D eigenvalue weighted by atomic mass is 9.72. The van der Waals surface area contributed by atoms with Crippen molar-refractivity contribution in [3.8, 4) is 5.75 Å². The number of nitrogens with zero attached hydrogens (tertiary/aromatic N) is 2. The van der Waals surface area contributed by atoms with E-state index in [1.165, 1.54) is 11.5 Å². The molecule has 1 aliphatic heterocycles. The smallest absolute Gasteiger partial charge is 0.320 e. The summed E-state index contributed by atoms with van der Waals surface area (Å²) in [5.74, 6) is 1.32. The number of hydrogen-bond acceptors (Lipinski definition) is 7. The summed E-state index contributed by atoms with van der Waals surface area (Å²) in [6.45, 7) is 5.30. The summed E-state index contributed by atoms with van der Waals surface area (Å²) in [5, 5.41) is 14.7. The Morgan fingerprint density at radius 2 is 2.10 bits per heavy atom. The van der Waals surface area contributed by atoms with E-state index in [0.29, 0.717) is 11.5 Å². The number of hydrogen-bond donors (Lipinski definition) is 3. The van der Waals surface area contributed by atoms with Gasteiger partial charge in [0.25, 0.3) is 0 Å². The Kier molecular flexibility index (Phi) is 6.24. The zero-order valence-electron chi connectivity index (χ0n) is 17.9. The maximum absolute atomic E-state index is 13.0. The molecule has 8 nitrogen and oxygen atoms in total. The number of urea groups is 1. The van der Waals surface area contributed by atoms with Gasteiger partial charge >= 0.3 is 6.03 Å². The quantitative estimate of drug-likeness (QED) is 0.537. The Labute approximate surface area is 185 Å². The van der Waals surface area contributed by atoms with Crippen LogP contribution in [0, 0.1) is 13.8 Å². The van der Waals surface area contributed by atoms with E-state index < -0.39 is 5.54 Å². The SMILES string of the molecule is COc1ccc([C@@H](c2cc(C)on2)C2(NC(=O)Nc3cc(C)ns3)CCCNC2)cc1. The Morgan fingerprint density at radius 1 is 1.29 bits per heavy atom. The van der Waals surface area contributed by atoms with Gasteiger partial charge in [0.1, 0.15) is 16.5 Å². The van der Waals surface area contributed by atoms with E-state index in [1.807, 2.05) is 50.2 Å². The maximum atomic E-state index is 13.0. The van der Waals surface area contributed by atoms with Crippen molar-refractivity contribution in [1.82, 2.24) is 20.2 Å². The number of anilines is 1. The molecule has 4 rings (SSSR count). The number of aromatic nitrogens is 2. The summed E-state index contributed by atoms with van der Waals surface area (Å²) in [6, 6.07) is 11.5. The molecule has 9 heteroatoms. The second kappa shape index (κ2) is 9.07. The van der Waals surface area contributed by atoms with Crippen LogP contribution >= 0.6 is 11.5 Å². The Balaban J connectivity index is 1.70. The monoisotopic (exact) mass is 441 g/mol. The molecule has 1 unspecified atom stereocenters. The van der Waals surface area contributed by atoms with Crippen molar-refractivity contribution in [2.24, 2.45) is 0 Å². The predicted octanol–water partition coefficient (Wildman–Crippen LogP) is 3.83. The molecule has 0 aliphatic carbocycles. The van der Waals surface area contributed by atoms with Crippen molar-refractivity contribution in [3.63, 3.8) is 0 Å². The fraction of sp³-hybridized carbons (Fsp3) is 0.409. The first-order chi connectivity index (χ1) is 15.0. The second-order valence-corrected chi connectivity index (χ2v) is 8.72. The summed E-state index contributed by atoms with van der Waals surface area (Å²) in [6.07, 6.45) is 1.74. The van der Waals surface area contributed by atoms with E-state index >= 15 is 0 Å². The molecule has 2 aromatic heterocycles. The molecule has 0 saturated carbocycles. The van der Waals surface area contributed by atoms with Gasteiger partial charge in [0.2, 0.25) is 0 Å². The minimum atomic E-state index is -0.583. The molecule has 0 bridgehead atoms. The summed E-state index contributed by atoms with van der Waals surface area (Å²) in [5.41, 5.74) is 2.12. The fourth-order valence-electron chi connectivity index (χ4n) is 4.24. The molecule has 2 amide bonds. The van der Waals surface area contributed by atoms with Crippen LogP contribution in [0.25, 0.3) is 0 Å². The van der Waals surface area contributed by atoms with Crippen LogP contribution in [-0.4, -0.2) is 41.3 Å². The topological polar surface area (TPSA) is 101 Å². The third-order valence-electron chi connectivity index (χ3n) is 5.59. The molecule has 1 aromatic carbocycles. The lowest BCUT2D eigenvalue weighted by molar-refractivity contribution is 0.204. The number of methoxy groups -OCH3 is 1. The fourth-order valence-corrected chi connectivity index (χ4v) is 4.89. The van der Waals surface area contributed by atoms with E-state index in [9.17, 15) is 4.79 Å². The van der Waals surface area contributed by atoms with E-state index in [4.69, 9.17) is 9.26 Å². The molecule has 0 radical (unpaired) electrons. The van der Waals surface area contributed by atoms with Crippen LogP contribution < -0.4 is 20.7 Å². The summed E-state index contributed by atoms with van der Waals surface area (Å²) >= 11 is 1.27. The highest BCUT2D eigenvalue weighted by Gasteiger charge is 2.44. The van der Waals surface area contributed by atoms with Gasteiger partial charge in [-0.1, -0.05) is 17.3 Å². The minimum absolute atomic E-state index is 0.197. The number of benzene rings is 1. The van der Waals surface area contributed by atoms with Crippen molar-refractivity contribution in [1.29, 1.82) is 0 Å². The molecule has 3 aromatic rings. The Morgan fingerprint density at radius 3 is 2.68 bits per heavy atom. The molecule has 1 fully saturated rings. The number of nitrogens with one attached hydrogen (secondary N) is 3. The van der Waals surface area contributed by atoms with Crippen molar-refractivity contribution < 1.29 is 14.1 Å². The average molecular weight is 442 g/mol. The van der Waals surface area contributed by atoms with E-state index in [0.717, 1.165) is 47.8 Å². The lowest BCUT2D eigenvalue weighted by Gasteiger charge is -2.44. The van der Waals surface area contributed by atoms with Gasteiger partial charge in [0.05, 0.1) is 30.0 Å². The van der Waals surface area contributed by atoms with Crippen LogP contribution in [0.5, 0.6) is 5.75 Å². The van der Waals surface area contributed by atoms with Gasteiger partial charge in [-0.15, -0.1) is 0 Å². The van der Waals surface area contributed by atoms with Crippen LogP contribution in [0.3, 0.4) is 0 Å². The molecule has 0 spiro atoms. The standard InChI is InChI=1S/C22H27N5O3S/c1-14-11-19(31-27-14)24-21(28)25-22(9-4-10-23-13-22)20(18-12-15(2)30-26-18)16-5-7-17(29-3)8-6-16/h5-8,11-12,20,23H,4,9-10,13H2,1-3H3,(H2,24,25,28)/t20-,22?/m0/s1. The molecule has 164 valence electrons. The number of carbonyl (C=O) groups is 1. The molecule has 1 saturated heterocycles. The summed E-state index contributed by atoms with van der Waals surface area (Å²) < 4.78 is 15.0. The molecule has 2 atom stereocenters. The number of aryl methyl sites for hydroxylation is 2. The second-order valence-electron chi connectivity index (χ2n) is 7.92. The molecule has 3 heterocycles. The number of piperidine rings is 1. The van der Waals surface area contributed by atoms with Gasteiger partial charge in [-0.25, -0.2) is 4.79 Å². The van der Waals surface area contributed by atoms with E-state index in [2.05, 4.69) is 25.5 Å². The molecule has 3 N–H and O–H groups in total. The van der Waals surface area contributed by atoms with E-state index in [-0.39, 0.29) is 11.9 Å². The van der Waals surface area contributed by atoms with Gasteiger partial charge < -0.3 is 19.9 Å². The molecular formula is C22H27N5O3S. The predicted molar refractivity (Wildman–Crippen MR) is 120 cm³/mol. The number of ether oxygens (including phenoxy) is 1. The third-order valence-corrected chi connectivity index (χ3v) is 6.38. The summed E-state index contributed by atoms with van der Waals surface area (Å²) in [4.78, 5) is 13.0. The largest absolute Gasteiger partial charge is 0.497 e. The summed E-state index contributed by atoms with van der Waals surface area (Å²) in [7, 11) is 1.65. The van der Waals surface area contributed by atoms with Crippen LogP contribution in [-0.2, 0) is 0 Å². The highest BCUT2D eigenvalue weighted by Crippen LogP contribution is 2.39. The number of carbonyl (C=O) groups excluding carboxylic acids is 1. The van der Waals surface area contributed by atoms with Crippen molar-refractivity contribution in [2.75, 3.05) is 25.5 Å². The highest BCUT2D eigenvalue weighted by atomic mass is 32.1. The van der Waals surface area contributed by atoms with Gasteiger partial charge in [0, 0.05) is 12.6 Å². The molecular weight excluding hydrogens is 414 g/mol. The number of rotatable bonds is 6. The Bertz CT molecular complexity index is 1020. The van der Waals surface area contributed by atoms with Gasteiger partial charge in [-0.05, 0) is 68.5 Å². The zero-order valence-corrected chi connectivity index (χ0v) is 18.7. The van der Waals surface area contributed by atoms with Gasteiger partial charge in [0.15, 0.2) is 0 Å². The van der Waals surface area contributed by atoms with E-state index in [1.54, 1.807) is 7.11 Å². The lowest BCUT2D eigenvalue weighted by Crippen LogP contribution is -2.62. The van der Waals surface area contributed by atoms with Crippen LogP contribution in [0.2, 0.25) is 0 Å². The van der Waals surface area contributed by atoms with Gasteiger partial charge in [-0.3, -0.25) is 5.32 Å². The van der Waals surface area contributed by atoms with Crippen molar-refractivity contribution in [3.05, 3.63) is 59.1 Å². The van der Waals surface area contributed by atoms with Crippen LogP contribution in [0.15, 0.2) is 40.9 Å². The normalized spacial score (nSPS) is 19.6. The molecule has 1 aliphatic rings. The average Bonchev–Trinajstić information content (AvgIpc) is 3.37. The minimum Gasteiger partial charge on any atom is -0.497 e. The first-order valence-electron chi connectivity index (χ1n) is 10.3. The Hall–Kier alpha value is -2.91. The first kappa shape index (κ1) is 21.3. The third kappa shape index (κ3) is 4.72. The van der Waals surface area contributed by atoms with Crippen LogP contribution in [0.1, 0.15) is 41.5 Å². The first-order valence-corrected chi connectivity index (χ1v) is 11.1. The van der Waals surface area contributed by atoms with Crippen LogP contribution in [0.4, 0.5) is 9.80 Å². The van der Waals surface area contributed by atoms with Crippen molar-refractivity contribution in [2.45, 2.75) is 38.1 Å². The highest BCUT2D eigenvalue weighted by molar-refractivity contribution is 7.10. The van der Waals surface area contributed by atoms with Crippen molar-refractivity contribution >= 4 is 22.6 Å². The van der Waals surface area contributed by atoms with Gasteiger partial charge in [-0.2, -0.15) is 4.37 Å². The number of amides is 2.